The molecule has 0 saturated carbocycles. The summed E-state index contributed by atoms with van der Waals surface area (Å²) >= 11 is 0. The number of benzene rings is 1. The van der Waals surface area contributed by atoms with E-state index in [-0.39, 0.29) is 4.90 Å². The van der Waals surface area contributed by atoms with E-state index in [0.717, 1.165) is 29.9 Å². The number of nitrogens with two attached hydrogens (primary N) is 1. The Balaban J connectivity index is 1.81. The van der Waals surface area contributed by atoms with Crippen molar-refractivity contribution in [1.29, 1.82) is 0 Å². The summed E-state index contributed by atoms with van der Waals surface area (Å²) in [5.74, 6) is 1.34. The third-order valence-electron chi connectivity index (χ3n) is 3.54. The molecule has 1 aromatic carbocycles. The van der Waals surface area contributed by atoms with Gasteiger partial charge in [-0.3, -0.25) is 0 Å². The van der Waals surface area contributed by atoms with Crippen molar-refractivity contribution in [2.75, 3.05) is 5.32 Å². The molecule has 0 aliphatic carbocycles. The van der Waals surface area contributed by atoms with E-state index in [0.29, 0.717) is 12.3 Å². The van der Waals surface area contributed by atoms with Gasteiger partial charge < -0.3 is 5.32 Å². The van der Waals surface area contributed by atoms with E-state index in [9.17, 15) is 8.42 Å². The average Bonchev–Trinajstić information content (AvgIpc) is 3.01. The molecular weight excluding hydrogens is 328 g/mol. The Labute approximate surface area is 139 Å². The van der Waals surface area contributed by atoms with Crippen molar-refractivity contribution in [3.8, 4) is 0 Å². The fraction of sp³-hybridized carbons (Fsp3) is 0.267. The molecule has 2 aromatic heterocycles. The maximum atomic E-state index is 11.3. The number of hydrogen-bond acceptors (Lipinski definition) is 6. The third kappa shape index (κ3) is 3.52. The summed E-state index contributed by atoms with van der Waals surface area (Å²) in [6, 6.07) is 8.38. The van der Waals surface area contributed by atoms with Gasteiger partial charge in [0.25, 0.3) is 5.78 Å². The number of sulfonamides is 1. The second kappa shape index (κ2) is 6.54. The lowest BCUT2D eigenvalue weighted by Crippen LogP contribution is -2.12. The molecule has 8 nitrogen and oxygen atoms in total. The van der Waals surface area contributed by atoms with Gasteiger partial charge in [0.15, 0.2) is 0 Å². The van der Waals surface area contributed by atoms with Crippen LogP contribution in [0.3, 0.4) is 0 Å². The van der Waals surface area contributed by atoms with Crippen LogP contribution in [-0.4, -0.2) is 28.0 Å². The Kier molecular flexibility index (Phi) is 4.45. The molecule has 0 aliphatic heterocycles. The van der Waals surface area contributed by atoms with Gasteiger partial charge in [-0.05, 0) is 24.1 Å². The molecule has 3 aromatic rings. The molecular formula is C15H18N6O2S. The highest BCUT2D eigenvalue weighted by Gasteiger charge is 2.09. The van der Waals surface area contributed by atoms with E-state index in [4.69, 9.17) is 5.14 Å². The lowest BCUT2D eigenvalue weighted by atomic mass is 10.2. The van der Waals surface area contributed by atoms with Crippen LogP contribution in [0.4, 0.5) is 5.82 Å². The monoisotopic (exact) mass is 346 g/mol. The van der Waals surface area contributed by atoms with Crippen LogP contribution < -0.4 is 10.5 Å². The van der Waals surface area contributed by atoms with Crippen molar-refractivity contribution in [1.82, 2.24) is 19.6 Å². The molecule has 0 radical (unpaired) electrons. The van der Waals surface area contributed by atoms with Gasteiger partial charge in [0.2, 0.25) is 10.0 Å². The van der Waals surface area contributed by atoms with Gasteiger partial charge >= 0.3 is 0 Å². The summed E-state index contributed by atoms with van der Waals surface area (Å²) in [7, 11) is -3.67. The van der Waals surface area contributed by atoms with Gasteiger partial charge in [-0.2, -0.15) is 14.6 Å². The standard InChI is InChI=1S/C15H18N6O2S/c1-2-3-12-8-14(21-15(20-12)18-10-19-21)17-9-11-4-6-13(7-5-11)24(16,22)23/h4-8,10,17H,2-3,9H2,1H3,(H2,16,22,23). The van der Waals surface area contributed by atoms with E-state index in [1.807, 2.05) is 6.07 Å². The van der Waals surface area contributed by atoms with Crippen LogP contribution >= 0.6 is 0 Å². The Morgan fingerprint density at radius 2 is 2.00 bits per heavy atom. The van der Waals surface area contributed by atoms with Crippen LogP contribution in [0.5, 0.6) is 0 Å². The molecule has 0 atom stereocenters. The summed E-state index contributed by atoms with van der Waals surface area (Å²) < 4.78 is 24.2. The van der Waals surface area contributed by atoms with E-state index in [1.165, 1.54) is 18.5 Å². The van der Waals surface area contributed by atoms with Crippen LogP contribution in [0.1, 0.15) is 24.6 Å². The minimum absolute atomic E-state index is 0.0964. The van der Waals surface area contributed by atoms with Crippen molar-refractivity contribution in [3.63, 3.8) is 0 Å². The summed E-state index contributed by atoms with van der Waals surface area (Å²) in [5.41, 5.74) is 1.87. The minimum atomic E-state index is -3.67. The first-order valence-electron chi connectivity index (χ1n) is 7.52. The molecule has 3 N–H and O–H groups in total. The van der Waals surface area contributed by atoms with Crippen molar-refractivity contribution < 1.29 is 8.42 Å². The zero-order valence-electron chi connectivity index (χ0n) is 13.2. The van der Waals surface area contributed by atoms with Crippen molar-refractivity contribution in [2.24, 2.45) is 5.14 Å². The van der Waals surface area contributed by atoms with Crippen molar-refractivity contribution >= 4 is 21.6 Å². The maximum Gasteiger partial charge on any atom is 0.254 e. The Hall–Kier alpha value is -2.52. The number of rotatable bonds is 6. The highest BCUT2D eigenvalue weighted by molar-refractivity contribution is 7.89. The second-order valence-electron chi connectivity index (χ2n) is 5.40. The molecule has 9 heteroatoms. The van der Waals surface area contributed by atoms with Crippen LogP contribution in [-0.2, 0) is 23.0 Å². The highest BCUT2D eigenvalue weighted by Crippen LogP contribution is 2.14. The topological polar surface area (TPSA) is 115 Å². The lowest BCUT2D eigenvalue weighted by Gasteiger charge is -2.10. The summed E-state index contributed by atoms with van der Waals surface area (Å²) in [4.78, 5) is 8.68. The van der Waals surface area contributed by atoms with Crippen LogP contribution in [0.25, 0.3) is 5.78 Å². The molecule has 0 bridgehead atoms. The molecule has 0 aliphatic rings. The van der Waals surface area contributed by atoms with Crippen molar-refractivity contribution in [2.45, 2.75) is 31.2 Å². The number of nitrogens with one attached hydrogen (secondary N) is 1. The molecule has 24 heavy (non-hydrogen) atoms. The lowest BCUT2D eigenvalue weighted by molar-refractivity contribution is 0.598. The van der Waals surface area contributed by atoms with Gasteiger partial charge in [0, 0.05) is 18.3 Å². The average molecular weight is 346 g/mol. The predicted octanol–water partition coefficient (Wildman–Crippen LogP) is 1.34. The fourth-order valence-corrected chi connectivity index (χ4v) is 2.88. The van der Waals surface area contributed by atoms with E-state index in [2.05, 4.69) is 27.3 Å². The minimum Gasteiger partial charge on any atom is -0.366 e. The number of anilines is 1. The quantitative estimate of drug-likeness (QED) is 0.696. The highest BCUT2D eigenvalue weighted by atomic mass is 32.2. The molecule has 0 saturated heterocycles. The zero-order chi connectivity index (χ0) is 17.2. The fourth-order valence-electron chi connectivity index (χ4n) is 2.36. The number of aryl methyl sites for hydroxylation is 1. The number of fused-ring (bicyclic) bond motifs is 1. The van der Waals surface area contributed by atoms with Gasteiger partial charge in [-0.15, -0.1) is 0 Å². The smallest absolute Gasteiger partial charge is 0.254 e. The van der Waals surface area contributed by atoms with Crippen LogP contribution in [0.15, 0.2) is 41.6 Å². The molecule has 0 fully saturated rings. The van der Waals surface area contributed by atoms with Crippen LogP contribution in [0.2, 0.25) is 0 Å². The van der Waals surface area contributed by atoms with Gasteiger partial charge in [-0.25, -0.2) is 18.5 Å². The summed E-state index contributed by atoms with van der Waals surface area (Å²) in [5, 5.41) is 12.5. The summed E-state index contributed by atoms with van der Waals surface area (Å²) in [6.45, 7) is 2.60. The first-order valence-corrected chi connectivity index (χ1v) is 9.07. The molecule has 0 unspecified atom stereocenters. The Morgan fingerprint density at radius 3 is 2.67 bits per heavy atom. The normalized spacial score (nSPS) is 11.8. The van der Waals surface area contributed by atoms with Gasteiger partial charge in [0.1, 0.15) is 12.1 Å². The van der Waals surface area contributed by atoms with E-state index in [1.54, 1.807) is 16.6 Å². The first kappa shape index (κ1) is 16.3. The van der Waals surface area contributed by atoms with Crippen molar-refractivity contribution in [3.05, 3.63) is 47.9 Å². The number of primary sulfonamides is 1. The molecule has 2 heterocycles. The van der Waals surface area contributed by atoms with Gasteiger partial charge in [0.05, 0.1) is 4.90 Å². The van der Waals surface area contributed by atoms with Gasteiger partial charge in [-0.1, -0.05) is 25.5 Å². The maximum absolute atomic E-state index is 11.3. The third-order valence-corrected chi connectivity index (χ3v) is 4.47. The molecule has 3 rings (SSSR count). The Bertz CT molecular complexity index is 950. The zero-order valence-corrected chi connectivity index (χ0v) is 14.0. The second-order valence-corrected chi connectivity index (χ2v) is 6.96. The number of aromatic nitrogens is 4. The largest absolute Gasteiger partial charge is 0.366 e. The SMILES string of the molecule is CCCc1cc(NCc2ccc(S(N)(=O)=O)cc2)n2ncnc2n1. The Morgan fingerprint density at radius 1 is 1.25 bits per heavy atom. The van der Waals surface area contributed by atoms with Crippen LogP contribution in [0, 0.1) is 0 Å². The molecule has 126 valence electrons. The molecule has 0 spiro atoms. The van der Waals surface area contributed by atoms with E-state index >= 15 is 0 Å². The first-order chi connectivity index (χ1) is 11.5. The summed E-state index contributed by atoms with van der Waals surface area (Å²) in [6.07, 6.45) is 3.32. The molecule has 0 amide bonds. The number of hydrogen-bond donors (Lipinski definition) is 2. The number of nitrogens with zero attached hydrogens (tertiary/aromatic N) is 4. The van der Waals surface area contributed by atoms with E-state index < -0.39 is 10.0 Å². The predicted molar refractivity (Wildman–Crippen MR) is 89.9 cm³/mol.